The number of esters is 1. The summed E-state index contributed by atoms with van der Waals surface area (Å²) in [4.78, 5) is 38.6. The Morgan fingerprint density at radius 1 is 0.975 bits per heavy atom. The predicted octanol–water partition coefficient (Wildman–Crippen LogP) is 6.59. The number of halogens is 5. The number of amides is 2. The van der Waals surface area contributed by atoms with Crippen LogP contribution in [0.1, 0.15) is 35.1 Å². The molecule has 0 aliphatic carbocycles. The maximum absolute atomic E-state index is 16.7. The van der Waals surface area contributed by atoms with Crippen molar-refractivity contribution in [3.63, 3.8) is 0 Å². The van der Waals surface area contributed by atoms with Gasteiger partial charge in [-0.25, -0.2) is 14.1 Å². The van der Waals surface area contributed by atoms with E-state index in [1.54, 1.807) is 24.3 Å². The zero-order valence-corrected chi connectivity index (χ0v) is 21.7. The molecule has 40 heavy (non-hydrogen) atoms. The second kappa shape index (κ2) is 11.5. The number of alkyl halides is 4. The summed E-state index contributed by atoms with van der Waals surface area (Å²) in [7, 11) is 1.21. The van der Waals surface area contributed by atoms with E-state index in [-0.39, 0.29) is 35.1 Å². The van der Waals surface area contributed by atoms with Gasteiger partial charge in [0.25, 0.3) is 5.91 Å². The van der Waals surface area contributed by atoms with Gasteiger partial charge in [0.15, 0.2) is 0 Å². The largest absolute Gasteiger partial charge is 0.496 e. The first-order valence-corrected chi connectivity index (χ1v) is 12.3. The van der Waals surface area contributed by atoms with Crippen molar-refractivity contribution in [1.82, 2.24) is 0 Å². The van der Waals surface area contributed by atoms with Gasteiger partial charge in [0.05, 0.1) is 25.0 Å². The summed E-state index contributed by atoms with van der Waals surface area (Å²) in [5.41, 5.74) is -5.11. The van der Waals surface area contributed by atoms with Crippen LogP contribution < -0.4 is 9.64 Å². The minimum Gasteiger partial charge on any atom is -0.496 e. The molecular weight excluding hydrogens is 558 g/mol. The van der Waals surface area contributed by atoms with Gasteiger partial charge in [-0.15, -0.1) is 0 Å². The fraction of sp³-hybridized carbons (Fsp3) is 0.250. The number of imide groups is 1. The lowest BCUT2D eigenvalue weighted by Crippen LogP contribution is -2.42. The van der Waals surface area contributed by atoms with Gasteiger partial charge in [-0.3, -0.25) is 9.59 Å². The molecule has 1 aliphatic heterocycles. The summed E-state index contributed by atoms with van der Waals surface area (Å²) >= 11 is 6.01. The van der Waals surface area contributed by atoms with Gasteiger partial charge >= 0.3 is 18.2 Å². The van der Waals surface area contributed by atoms with E-state index >= 15 is 4.39 Å². The number of hydrogen-bond donors (Lipinski definition) is 0. The molecule has 1 heterocycles. The third-order valence-corrected chi connectivity index (χ3v) is 6.38. The zero-order chi connectivity index (χ0) is 29.1. The molecule has 0 unspecified atom stereocenters. The molecule has 12 heteroatoms. The van der Waals surface area contributed by atoms with Gasteiger partial charge in [0.1, 0.15) is 12.4 Å². The summed E-state index contributed by atoms with van der Waals surface area (Å²) < 4.78 is 72.5. The van der Waals surface area contributed by atoms with Crippen LogP contribution in [0.15, 0.2) is 66.7 Å². The fourth-order valence-electron chi connectivity index (χ4n) is 4.20. The topological polar surface area (TPSA) is 82.1 Å². The Morgan fingerprint density at radius 3 is 2.38 bits per heavy atom. The van der Waals surface area contributed by atoms with Crippen molar-refractivity contribution in [2.45, 2.75) is 31.3 Å². The van der Waals surface area contributed by atoms with Crippen LogP contribution in [0.3, 0.4) is 0 Å². The van der Waals surface area contributed by atoms with Gasteiger partial charge in [-0.2, -0.15) is 13.2 Å². The molecule has 2 amide bonds. The molecule has 0 bridgehead atoms. The Bertz CT molecular complexity index is 1430. The second-order valence-corrected chi connectivity index (χ2v) is 9.17. The minimum absolute atomic E-state index is 0.0142. The third kappa shape index (κ3) is 5.74. The number of nitrogens with zero attached hydrogens (tertiary/aromatic N) is 1. The maximum Gasteiger partial charge on any atom is 0.421 e. The van der Waals surface area contributed by atoms with Crippen molar-refractivity contribution < 1.29 is 46.2 Å². The van der Waals surface area contributed by atoms with Gasteiger partial charge in [0.2, 0.25) is 5.67 Å². The Morgan fingerprint density at radius 2 is 1.70 bits per heavy atom. The van der Waals surface area contributed by atoms with E-state index in [1.807, 2.05) is 6.07 Å². The van der Waals surface area contributed by atoms with Gasteiger partial charge in [0, 0.05) is 22.6 Å². The number of methoxy groups -OCH3 is 1. The number of rotatable bonds is 8. The minimum atomic E-state index is -4.84. The van der Waals surface area contributed by atoms with Crippen molar-refractivity contribution >= 4 is 35.3 Å². The summed E-state index contributed by atoms with van der Waals surface area (Å²) in [6.07, 6.45) is -6.41. The van der Waals surface area contributed by atoms with E-state index in [9.17, 15) is 27.6 Å². The summed E-state index contributed by atoms with van der Waals surface area (Å²) in [5, 5.41) is 0.0225. The van der Waals surface area contributed by atoms with Crippen LogP contribution in [0.4, 0.5) is 28.0 Å². The van der Waals surface area contributed by atoms with Crippen LogP contribution in [-0.2, 0) is 37.5 Å². The Hall–Kier alpha value is -4.12. The van der Waals surface area contributed by atoms with Crippen LogP contribution in [-0.4, -0.2) is 31.7 Å². The first-order valence-electron chi connectivity index (χ1n) is 11.9. The quantitative estimate of drug-likeness (QED) is 0.170. The smallest absolute Gasteiger partial charge is 0.421 e. The Balaban J connectivity index is 1.53. The van der Waals surface area contributed by atoms with Gasteiger partial charge in [-0.05, 0) is 42.3 Å². The Kier molecular flexibility index (Phi) is 8.34. The molecule has 0 spiro atoms. The number of anilines is 1. The first kappa shape index (κ1) is 28.9. The number of carbonyl (C=O) groups excluding carboxylic acids is 3. The molecule has 0 fully saturated rings. The van der Waals surface area contributed by atoms with Crippen molar-refractivity contribution in [2.24, 2.45) is 0 Å². The van der Waals surface area contributed by atoms with Crippen LogP contribution in [0.5, 0.6) is 5.75 Å². The van der Waals surface area contributed by atoms with Crippen molar-refractivity contribution in [3.05, 3.63) is 94.0 Å². The normalized spacial score (nSPS) is 16.4. The molecule has 0 saturated heterocycles. The number of ether oxygens (including phenoxy) is 3. The number of carbonyl (C=O) groups is 3. The standard InChI is InChI=1S/C28H22ClF4NO6/c1-38-23-12-10-19(29)15-21(23)27(30)20-11-9-18(28(31,32)33)14-22(20)34(25(27)36)26(37)39-13-5-8-24(35)40-16-17-6-3-2-4-7-17/h2-4,6-7,9-12,14-15H,5,8,13,16H2,1H3/t27-/m0/s1. The average Bonchev–Trinajstić information content (AvgIpc) is 3.16. The van der Waals surface area contributed by atoms with E-state index in [4.69, 9.17) is 25.8 Å². The van der Waals surface area contributed by atoms with Crippen LogP contribution in [0.2, 0.25) is 5.02 Å². The lowest BCUT2D eigenvalue weighted by atomic mass is 9.88. The summed E-state index contributed by atoms with van der Waals surface area (Å²) in [5.74, 6) is -2.20. The molecule has 4 rings (SSSR count). The number of benzene rings is 3. The molecule has 7 nitrogen and oxygen atoms in total. The molecule has 0 aromatic heterocycles. The summed E-state index contributed by atoms with van der Waals surface area (Å²) in [6.45, 7) is -0.345. The van der Waals surface area contributed by atoms with E-state index in [0.717, 1.165) is 17.7 Å². The van der Waals surface area contributed by atoms with Crippen molar-refractivity contribution in [3.8, 4) is 5.75 Å². The first-order chi connectivity index (χ1) is 19.0. The van der Waals surface area contributed by atoms with Crippen LogP contribution in [0, 0.1) is 0 Å². The fourth-order valence-corrected chi connectivity index (χ4v) is 4.38. The molecule has 1 aliphatic rings. The van der Waals surface area contributed by atoms with Gasteiger partial charge < -0.3 is 14.2 Å². The molecule has 3 aromatic rings. The number of fused-ring (bicyclic) bond motifs is 1. The monoisotopic (exact) mass is 579 g/mol. The van der Waals surface area contributed by atoms with Gasteiger partial charge in [-0.1, -0.05) is 48.0 Å². The highest BCUT2D eigenvalue weighted by atomic mass is 35.5. The van der Waals surface area contributed by atoms with Crippen molar-refractivity contribution in [2.75, 3.05) is 18.6 Å². The lowest BCUT2D eigenvalue weighted by Gasteiger charge is -2.22. The Labute approximate surface area is 231 Å². The lowest BCUT2D eigenvalue weighted by molar-refractivity contribution is -0.145. The van der Waals surface area contributed by atoms with Crippen LogP contribution in [0.25, 0.3) is 0 Å². The summed E-state index contributed by atoms with van der Waals surface area (Å²) in [6, 6.07) is 14.6. The number of hydrogen-bond acceptors (Lipinski definition) is 6. The molecule has 3 aromatic carbocycles. The highest BCUT2D eigenvalue weighted by molar-refractivity contribution is 6.31. The van der Waals surface area contributed by atoms with Crippen molar-refractivity contribution in [1.29, 1.82) is 0 Å². The molecule has 1 atom stereocenters. The average molecular weight is 580 g/mol. The highest BCUT2D eigenvalue weighted by Gasteiger charge is 2.57. The van der Waals surface area contributed by atoms with E-state index < -0.39 is 58.8 Å². The highest BCUT2D eigenvalue weighted by Crippen LogP contribution is 2.51. The molecule has 0 radical (unpaired) electrons. The SMILES string of the molecule is COc1ccc(Cl)cc1[C@]1(F)C(=O)N(C(=O)OCCCC(=O)OCc2ccccc2)c2cc(C(F)(F)F)ccc21. The molecule has 0 N–H and O–H groups in total. The van der Waals surface area contributed by atoms with E-state index in [1.165, 1.54) is 19.2 Å². The van der Waals surface area contributed by atoms with E-state index in [0.29, 0.717) is 12.1 Å². The van der Waals surface area contributed by atoms with Crippen LogP contribution >= 0.6 is 11.6 Å². The third-order valence-electron chi connectivity index (χ3n) is 6.14. The van der Waals surface area contributed by atoms with E-state index in [2.05, 4.69) is 0 Å². The predicted molar refractivity (Wildman–Crippen MR) is 136 cm³/mol. The maximum atomic E-state index is 16.7. The molecular formula is C28H22ClF4NO6. The second-order valence-electron chi connectivity index (χ2n) is 8.74. The zero-order valence-electron chi connectivity index (χ0n) is 21.0. The molecule has 210 valence electrons. The molecule has 0 saturated carbocycles.